The van der Waals surface area contributed by atoms with Crippen LogP contribution in [0.1, 0.15) is 0 Å². The van der Waals surface area contributed by atoms with Gasteiger partial charge in [0.05, 0.1) is 0 Å². The van der Waals surface area contributed by atoms with E-state index in [1.807, 2.05) is 0 Å². The summed E-state index contributed by atoms with van der Waals surface area (Å²) in [6, 6.07) is 0. The van der Waals surface area contributed by atoms with Crippen molar-refractivity contribution in [2.45, 2.75) is 0 Å². The zero-order valence-electron chi connectivity index (χ0n) is 1.01. The van der Waals surface area contributed by atoms with E-state index in [0.717, 1.165) is 0 Å². The van der Waals surface area contributed by atoms with Crippen molar-refractivity contribution >= 4 is 57.8 Å². The molecule has 0 aliphatic heterocycles. The Morgan fingerprint density at radius 2 is 0.800 bits per heavy atom. The topological polar surface area (TPSA) is 0 Å². The Kier molecular flexibility index (Phi) is 247. The quantitative estimate of drug-likeness (QED) is 0.372. The molecule has 0 spiro atoms. The molecule has 0 saturated heterocycles. The Morgan fingerprint density at radius 3 is 0.800 bits per heavy atom. The van der Waals surface area contributed by atoms with Gasteiger partial charge >= 0.3 is 23.1 Å². The molecule has 0 aromatic carbocycles. The molecule has 0 amide bonds. The fourth-order valence-electron chi connectivity index (χ4n) is 0. The van der Waals surface area contributed by atoms with Gasteiger partial charge in [-0.25, -0.2) is 0 Å². The first-order valence-corrected chi connectivity index (χ1v) is 0. The van der Waals surface area contributed by atoms with E-state index in [-0.39, 0.29) is 94.3 Å². The molecule has 5 heteroatoms. The van der Waals surface area contributed by atoms with Gasteiger partial charge in [0.2, 0.25) is 0 Å². The van der Waals surface area contributed by atoms with Crippen LogP contribution in [0.2, 0.25) is 0 Å². The van der Waals surface area contributed by atoms with Crippen LogP contribution in [0.5, 0.6) is 0 Å². The molecule has 0 unspecified atom stereocenters. The maximum Gasteiger partial charge on any atom is 0.316 e. The summed E-state index contributed by atoms with van der Waals surface area (Å²) in [7, 11) is 0. The van der Waals surface area contributed by atoms with Crippen LogP contribution in [0, 0.1) is 0 Å². The maximum atomic E-state index is 0. The van der Waals surface area contributed by atoms with Gasteiger partial charge in [0, 0.05) is 36.5 Å². The minimum absolute atomic E-state index is 0. The summed E-state index contributed by atoms with van der Waals surface area (Å²) >= 11 is 0. The first-order chi connectivity index (χ1) is 0. The third-order valence-electron chi connectivity index (χ3n) is 0. The average Bonchev–Trinajstić information content (AvgIpc) is 0. The van der Waals surface area contributed by atoms with E-state index in [0.29, 0.717) is 0 Å². The molecule has 0 nitrogen and oxygen atoms in total. The van der Waals surface area contributed by atoms with E-state index in [1.54, 1.807) is 0 Å². The zero-order valence-corrected chi connectivity index (χ0v) is 4.92. The molecule has 5 heavy (non-hydrogen) atoms. The Labute approximate surface area is 92.9 Å². The van der Waals surface area contributed by atoms with Gasteiger partial charge in [-0.05, 0) is 0 Å². The molecule has 0 aromatic rings. The normalized spacial score (nSPS) is 0. The van der Waals surface area contributed by atoms with Gasteiger partial charge < -0.3 is 0 Å². The minimum Gasteiger partial charge on any atom is 0 e. The molecular weight excluding hydrogens is 207 g/mol. The van der Waals surface area contributed by atoms with Gasteiger partial charge in [0.25, 0.3) is 0 Å². The van der Waals surface area contributed by atoms with Crippen LogP contribution in [0.4, 0.5) is 0 Å². The van der Waals surface area contributed by atoms with Crippen molar-refractivity contribution in [3.8, 4) is 0 Å². The number of rotatable bonds is 0. The van der Waals surface area contributed by atoms with Crippen molar-refractivity contribution in [2.24, 2.45) is 0 Å². The van der Waals surface area contributed by atoms with Crippen molar-refractivity contribution in [2.75, 3.05) is 0 Å². The summed E-state index contributed by atoms with van der Waals surface area (Å²) in [6.45, 7) is 0. The molecule has 0 fully saturated rings. The second-order valence-electron chi connectivity index (χ2n) is 0. The predicted octanol–water partition coefficient (Wildman–Crippen LogP) is -3.29. The van der Waals surface area contributed by atoms with Crippen molar-refractivity contribution in [3.63, 3.8) is 0 Å². The van der Waals surface area contributed by atoms with Crippen LogP contribution in [0.15, 0.2) is 0 Å². The fourth-order valence-corrected chi connectivity index (χ4v) is 0. The van der Waals surface area contributed by atoms with Crippen LogP contribution in [0.25, 0.3) is 0 Å². The number of hydrogen-bond donors (Lipinski definition) is 0. The van der Waals surface area contributed by atoms with Gasteiger partial charge in [-0.2, -0.15) is 0 Å². The monoisotopic (exact) mass is 213 g/mol. The third kappa shape index (κ3) is 19.5. The van der Waals surface area contributed by atoms with E-state index < -0.39 is 0 Å². The van der Waals surface area contributed by atoms with Crippen molar-refractivity contribution < 1.29 is 36.5 Å². The Morgan fingerprint density at radius 1 is 0.800 bits per heavy atom. The van der Waals surface area contributed by atoms with Gasteiger partial charge in [-0.15, -0.1) is 0 Å². The standard InChI is InChI=1S/2Al.Cu.Mg.Zn.8H. The smallest absolute Gasteiger partial charge is 0 e. The van der Waals surface area contributed by atoms with Crippen LogP contribution < -0.4 is 0 Å². The van der Waals surface area contributed by atoms with Crippen molar-refractivity contribution in [1.29, 1.82) is 0 Å². The molecule has 0 aliphatic rings. The van der Waals surface area contributed by atoms with E-state index >= 15 is 0 Å². The molecule has 0 heterocycles. The molecule has 0 rings (SSSR count). The molecule has 29 valence electrons. The van der Waals surface area contributed by atoms with Crippen LogP contribution in [-0.2, 0) is 36.5 Å². The second kappa shape index (κ2) is 28.1. The third-order valence-corrected chi connectivity index (χ3v) is 0. The van der Waals surface area contributed by atoms with Crippen LogP contribution >= 0.6 is 0 Å². The largest absolute Gasteiger partial charge is 0.316 e. The van der Waals surface area contributed by atoms with Crippen LogP contribution in [-0.4, -0.2) is 57.8 Å². The molecule has 0 atom stereocenters. The Balaban J connectivity index is 0. The molecular formula is H8Al2CuMgZn. The van der Waals surface area contributed by atoms with Gasteiger partial charge in [0.1, 0.15) is 0 Å². The molecule has 0 N–H and O–H groups in total. The molecule has 0 saturated carbocycles. The van der Waals surface area contributed by atoms with Gasteiger partial charge in [-0.1, -0.05) is 0 Å². The fraction of sp³-hybridized carbons (Fsp3) is 0. The van der Waals surface area contributed by atoms with E-state index in [2.05, 4.69) is 0 Å². The SMILES string of the molecule is [AlH3].[AlH3].[Cu].[MgH2].[Zn]. The van der Waals surface area contributed by atoms with E-state index in [4.69, 9.17) is 0 Å². The first-order valence-electron chi connectivity index (χ1n) is 0. The van der Waals surface area contributed by atoms with E-state index in [1.165, 1.54) is 0 Å². The maximum absolute atomic E-state index is 0. The van der Waals surface area contributed by atoms with Crippen LogP contribution in [0.3, 0.4) is 0 Å². The first kappa shape index (κ1) is 43.8. The van der Waals surface area contributed by atoms with E-state index in [9.17, 15) is 0 Å². The zero-order chi connectivity index (χ0) is 0. The van der Waals surface area contributed by atoms with Gasteiger partial charge in [-0.3, -0.25) is 0 Å². The molecule has 1 radical (unpaired) electrons. The average molecular weight is 215 g/mol. The summed E-state index contributed by atoms with van der Waals surface area (Å²) in [5, 5.41) is 0. The number of hydrogen-bond acceptors (Lipinski definition) is 0. The van der Waals surface area contributed by atoms with Crippen molar-refractivity contribution in [1.82, 2.24) is 0 Å². The predicted molar refractivity (Wildman–Crippen MR) is 28.4 cm³/mol. The summed E-state index contributed by atoms with van der Waals surface area (Å²) < 4.78 is 0. The van der Waals surface area contributed by atoms with Gasteiger partial charge in [0.15, 0.2) is 34.7 Å². The summed E-state index contributed by atoms with van der Waals surface area (Å²) in [4.78, 5) is 0. The minimum atomic E-state index is 0. The summed E-state index contributed by atoms with van der Waals surface area (Å²) in [5.74, 6) is 0. The van der Waals surface area contributed by atoms with Crippen molar-refractivity contribution in [3.05, 3.63) is 0 Å². The molecule has 0 aliphatic carbocycles. The second-order valence-corrected chi connectivity index (χ2v) is 0. The Hall–Kier alpha value is 2.97. The molecule has 0 bridgehead atoms. The molecule has 0 aromatic heterocycles. The summed E-state index contributed by atoms with van der Waals surface area (Å²) in [6.07, 6.45) is 0. The summed E-state index contributed by atoms with van der Waals surface area (Å²) in [5.41, 5.74) is 0. The Bertz CT molecular complexity index is 9.61.